The summed E-state index contributed by atoms with van der Waals surface area (Å²) in [6, 6.07) is 4.60. The van der Waals surface area contributed by atoms with Gasteiger partial charge in [-0.25, -0.2) is 0 Å². The van der Waals surface area contributed by atoms with E-state index in [0.717, 1.165) is 0 Å². The lowest BCUT2D eigenvalue weighted by molar-refractivity contribution is -0.119. The van der Waals surface area contributed by atoms with Crippen LogP contribution in [0.5, 0.6) is 5.75 Å². The van der Waals surface area contributed by atoms with Crippen LogP contribution in [-0.4, -0.2) is 31.4 Å². The summed E-state index contributed by atoms with van der Waals surface area (Å²) in [5.74, 6) is 0.00706. The molecule has 0 bridgehead atoms. The SMILES string of the molecule is CCCN(CC(F)(F)F)c1ccc(C(C)NC)c(O)c1. The number of benzene rings is 1. The van der Waals surface area contributed by atoms with Crippen LogP contribution in [0.4, 0.5) is 18.9 Å². The fourth-order valence-corrected chi connectivity index (χ4v) is 2.04. The van der Waals surface area contributed by atoms with Crippen molar-refractivity contribution in [2.24, 2.45) is 0 Å². The van der Waals surface area contributed by atoms with Crippen LogP contribution >= 0.6 is 0 Å². The molecule has 0 aromatic heterocycles. The van der Waals surface area contributed by atoms with E-state index in [9.17, 15) is 18.3 Å². The molecule has 0 spiro atoms. The molecule has 0 heterocycles. The van der Waals surface area contributed by atoms with Gasteiger partial charge < -0.3 is 15.3 Å². The summed E-state index contributed by atoms with van der Waals surface area (Å²) >= 11 is 0. The van der Waals surface area contributed by atoms with Crippen molar-refractivity contribution in [1.29, 1.82) is 0 Å². The monoisotopic (exact) mass is 290 g/mol. The van der Waals surface area contributed by atoms with Crippen LogP contribution in [0.15, 0.2) is 18.2 Å². The molecular weight excluding hydrogens is 269 g/mol. The number of hydrogen-bond donors (Lipinski definition) is 2. The van der Waals surface area contributed by atoms with Crippen LogP contribution in [-0.2, 0) is 0 Å². The van der Waals surface area contributed by atoms with Crippen molar-refractivity contribution >= 4 is 5.69 Å². The van der Waals surface area contributed by atoms with Crippen molar-refractivity contribution in [2.75, 3.05) is 25.0 Å². The largest absolute Gasteiger partial charge is 0.508 e. The molecule has 20 heavy (non-hydrogen) atoms. The zero-order valence-electron chi connectivity index (χ0n) is 12.0. The van der Waals surface area contributed by atoms with Gasteiger partial charge in [0.2, 0.25) is 0 Å². The number of anilines is 1. The van der Waals surface area contributed by atoms with E-state index in [-0.39, 0.29) is 11.8 Å². The van der Waals surface area contributed by atoms with E-state index in [2.05, 4.69) is 5.32 Å². The average molecular weight is 290 g/mol. The quantitative estimate of drug-likeness (QED) is 0.842. The maximum absolute atomic E-state index is 12.6. The second kappa shape index (κ2) is 6.83. The van der Waals surface area contributed by atoms with Gasteiger partial charge in [-0.3, -0.25) is 0 Å². The third-order valence-corrected chi connectivity index (χ3v) is 3.14. The van der Waals surface area contributed by atoms with E-state index in [1.165, 1.54) is 11.0 Å². The first-order chi connectivity index (χ1) is 9.28. The van der Waals surface area contributed by atoms with Crippen molar-refractivity contribution in [1.82, 2.24) is 5.32 Å². The van der Waals surface area contributed by atoms with Gasteiger partial charge in [0.1, 0.15) is 12.3 Å². The highest BCUT2D eigenvalue weighted by molar-refractivity contribution is 5.54. The number of phenolic OH excluding ortho intramolecular Hbond substituents is 1. The van der Waals surface area contributed by atoms with E-state index in [1.54, 1.807) is 19.2 Å². The number of aromatic hydroxyl groups is 1. The Morgan fingerprint density at radius 2 is 2.00 bits per heavy atom. The predicted octanol–water partition coefficient (Wildman–Crippen LogP) is 3.45. The topological polar surface area (TPSA) is 35.5 Å². The summed E-state index contributed by atoms with van der Waals surface area (Å²) in [5.41, 5.74) is 1.05. The van der Waals surface area contributed by atoms with E-state index >= 15 is 0 Å². The van der Waals surface area contributed by atoms with E-state index < -0.39 is 12.7 Å². The lowest BCUT2D eigenvalue weighted by Crippen LogP contribution is -2.34. The Bertz CT molecular complexity index is 435. The fourth-order valence-electron chi connectivity index (χ4n) is 2.04. The Hall–Kier alpha value is -1.43. The maximum atomic E-state index is 12.6. The molecular formula is C14H21F3N2O. The minimum absolute atomic E-state index is 0.00706. The van der Waals surface area contributed by atoms with Gasteiger partial charge in [0.05, 0.1) is 0 Å². The summed E-state index contributed by atoms with van der Waals surface area (Å²) in [7, 11) is 1.76. The van der Waals surface area contributed by atoms with Crippen LogP contribution in [0, 0.1) is 0 Å². The van der Waals surface area contributed by atoms with Crippen LogP contribution in [0.3, 0.4) is 0 Å². The van der Waals surface area contributed by atoms with Gasteiger partial charge in [0.15, 0.2) is 0 Å². The van der Waals surface area contributed by atoms with Gasteiger partial charge in [0.25, 0.3) is 0 Å². The van der Waals surface area contributed by atoms with Crippen molar-refractivity contribution in [3.63, 3.8) is 0 Å². The minimum atomic E-state index is -4.26. The highest BCUT2D eigenvalue weighted by Gasteiger charge is 2.30. The molecule has 3 nitrogen and oxygen atoms in total. The van der Waals surface area contributed by atoms with Crippen molar-refractivity contribution < 1.29 is 18.3 Å². The zero-order valence-corrected chi connectivity index (χ0v) is 12.0. The molecule has 1 unspecified atom stereocenters. The summed E-state index contributed by atoms with van der Waals surface area (Å²) in [6.07, 6.45) is -3.66. The third-order valence-electron chi connectivity index (χ3n) is 3.14. The molecule has 0 saturated carbocycles. The number of halogens is 3. The Morgan fingerprint density at radius 1 is 1.35 bits per heavy atom. The van der Waals surface area contributed by atoms with Gasteiger partial charge in [-0.2, -0.15) is 13.2 Å². The van der Waals surface area contributed by atoms with Crippen LogP contribution in [0.1, 0.15) is 31.9 Å². The molecule has 0 fully saturated rings. The standard InChI is InChI=1S/C14H21F3N2O/c1-4-7-19(9-14(15,16)17)11-5-6-12(10(2)18-3)13(20)8-11/h5-6,8,10,18,20H,4,7,9H2,1-3H3. The van der Waals surface area contributed by atoms with Gasteiger partial charge in [-0.15, -0.1) is 0 Å². The van der Waals surface area contributed by atoms with Crippen LogP contribution < -0.4 is 10.2 Å². The molecule has 0 aliphatic carbocycles. The van der Waals surface area contributed by atoms with E-state index in [0.29, 0.717) is 24.2 Å². The van der Waals surface area contributed by atoms with Gasteiger partial charge in [0, 0.05) is 29.9 Å². The number of phenols is 1. The smallest absolute Gasteiger partial charge is 0.405 e. The zero-order chi connectivity index (χ0) is 15.3. The first-order valence-corrected chi connectivity index (χ1v) is 6.60. The molecule has 0 saturated heterocycles. The molecule has 1 aromatic rings. The molecule has 1 atom stereocenters. The number of rotatable bonds is 6. The maximum Gasteiger partial charge on any atom is 0.405 e. The average Bonchev–Trinajstić information content (AvgIpc) is 2.35. The number of alkyl halides is 3. The first-order valence-electron chi connectivity index (χ1n) is 6.60. The molecule has 114 valence electrons. The second-order valence-corrected chi connectivity index (χ2v) is 4.79. The normalized spacial score (nSPS) is 13.3. The molecule has 6 heteroatoms. The fraction of sp³-hybridized carbons (Fsp3) is 0.571. The van der Waals surface area contributed by atoms with Gasteiger partial charge in [-0.1, -0.05) is 13.0 Å². The van der Waals surface area contributed by atoms with Crippen LogP contribution in [0.2, 0.25) is 0 Å². The Kier molecular flexibility index (Phi) is 5.68. The highest BCUT2D eigenvalue weighted by atomic mass is 19.4. The molecule has 1 aromatic carbocycles. The molecule has 0 aliphatic rings. The third kappa shape index (κ3) is 4.59. The molecule has 1 rings (SSSR count). The van der Waals surface area contributed by atoms with Crippen molar-refractivity contribution in [3.8, 4) is 5.75 Å². The van der Waals surface area contributed by atoms with Crippen molar-refractivity contribution in [3.05, 3.63) is 23.8 Å². The number of nitrogens with one attached hydrogen (secondary N) is 1. The van der Waals surface area contributed by atoms with Crippen molar-refractivity contribution in [2.45, 2.75) is 32.5 Å². The first kappa shape index (κ1) is 16.6. The van der Waals surface area contributed by atoms with Gasteiger partial charge >= 0.3 is 6.18 Å². The second-order valence-electron chi connectivity index (χ2n) is 4.79. The van der Waals surface area contributed by atoms with Gasteiger partial charge in [-0.05, 0) is 26.5 Å². The predicted molar refractivity (Wildman–Crippen MR) is 74.1 cm³/mol. The molecule has 0 radical (unpaired) electrons. The lowest BCUT2D eigenvalue weighted by Gasteiger charge is -2.26. The van der Waals surface area contributed by atoms with Crippen LogP contribution in [0.25, 0.3) is 0 Å². The van der Waals surface area contributed by atoms with E-state index in [1.807, 2.05) is 13.8 Å². The molecule has 2 N–H and O–H groups in total. The Morgan fingerprint density at radius 3 is 2.45 bits per heavy atom. The highest BCUT2D eigenvalue weighted by Crippen LogP contribution is 2.30. The Labute approximate surface area is 117 Å². The summed E-state index contributed by atoms with van der Waals surface area (Å²) in [4.78, 5) is 1.23. The Balaban J connectivity index is 3.00. The molecule has 0 amide bonds. The summed E-state index contributed by atoms with van der Waals surface area (Å²) in [5, 5.41) is 12.9. The number of hydrogen-bond acceptors (Lipinski definition) is 3. The van der Waals surface area contributed by atoms with E-state index in [4.69, 9.17) is 0 Å². The summed E-state index contributed by atoms with van der Waals surface area (Å²) < 4.78 is 37.7. The molecule has 0 aliphatic heterocycles. The summed E-state index contributed by atoms with van der Waals surface area (Å²) in [6.45, 7) is 2.97. The minimum Gasteiger partial charge on any atom is -0.508 e. The number of nitrogens with zero attached hydrogens (tertiary/aromatic N) is 1. The lowest BCUT2D eigenvalue weighted by atomic mass is 10.1.